The third-order valence-corrected chi connectivity index (χ3v) is 3.71. The second kappa shape index (κ2) is 7.28. The zero-order valence-corrected chi connectivity index (χ0v) is 10.0. The molecule has 84 valence electrons. The highest BCUT2D eigenvalue weighted by Gasteiger charge is 2.22. The van der Waals surface area contributed by atoms with Crippen molar-refractivity contribution in [3.63, 3.8) is 0 Å². The predicted octanol–water partition coefficient (Wildman–Crippen LogP) is 3.74. The molecule has 1 fully saturated rings. The molecule has 14 heavy (non-hydrogen) atoms. The number of hydrogen-bond donors (Lipinski definition) is 1. The van der Waals surface area contributed by atoms with Crippen molar-refractivity contribution in [2.24, 2.45) is 5.92 Å². The van der Waals surface area contributed by atoms with E-state index >= 15 is 0 Å². The van der Waals surface area contributed by atoms with Crippen molar-refractivity contribution in [3.8, 4) is 0 Å². The van der Waals surface area contributed by atoms with E-state index in [2.05, 4.69) is 19.3 Å². The van der Waals surface area contributed by atoms with E-state index in [1.165, 1.54) is 57.8 Å². The summed E-state index contributed by atoms with van der Waals surface area (Å²) in [6.07, 6.45) is 12.9. The Hall–Kier alpha value is -0.0400. The summed E-state index contributed by atoms with van der Waals surface area (Å²) >= 11 is 0. The highest BCUT2D eigenvalue weighted by molar-refractivity contribution is 4.79. The van der Waals surface area contributed by atoms with Gasteiger partial charge in [-0.2, -0.15) is 0 Å². The summed E-state index contributed by atoms with van der Waals surface area (Å²) in [5.41, 5.74) is 0. The minimum atomic E-state index is 0.824. The molecule has 1 N–H and O–H groups in total. The van der Waals surface area contributed by atoms with Gasteiger partial charge in [0.2, 0.25) is 0 Å². The quantitative estimate of drug-likeness (QED) is 0.640. The number of hydrogen-bond acceptors (Lipinski definition) is 1. The lowest BCUT2D eigenvalue weighted by Crippen LogP contribution is -2.36. The maximum Gasteiger partial charge on any atom is 0.00923 e. The smallest absolute Gasteiger partial charge is 0.00923 e. The van der Waals surface area contributed by atoms with Crippen LogP contribution in [0.25, 0.3) is 0 Å². The number of nitrogens with one attached hydrogen (secondary N) is 1. The van der Waals surface area contributed by atoms with Gasteiger partial charge in [-0.25, -0.2) is 0 Å². The van der Waals surface area contributed by atoms with Crippen LogP contribution in [-0.2, 0) is 0 Å². The van der Waals surface area contributed by atoms with Gasteiger partial charge in [-0.1, -0.05) is 45.4 Å². The Labute approximate surface area is 89.7 Å². The van der Waals surface area contributed by atoms with Gasteiger partial charge in [-0.3, -0.25) is 0 Å². The third kappa shape index (κ3) is 4.00. The molecule has 0 amide bonds. The van der Waals surface area contributed by atoms with E-state index < -0.39 is 0 Å². The largest absolute Gasteiger partial charge is 0.317 e. The Morgan fingerprint density at radius 1 is 1.07 bits per heavy atom. The van der Waals surface area contributed by atoms with Gasteiger partial charge in [0.25, 0.3) is 0 Å². The summed E-state index contributed by atoms with van der Waals surface area (Å²) < 4.78 is 0. The van der Waals surface area contributed by atoms with E-state index in [4.69, 9.17) is 0 Å². The predicted molar refractivity (Wildman–Crippen MR) is 63.6 cm³/mol. The van der Waals surface area contributed by atoms with Crippen molar-refractivity contribution in [1.29, 1.82) is 0 Å². The Bertz CT molecular complexity index is 133. The molecule has 0 aliphatic heterocycles. The molecule has 1 rings (SSSR count). The van der Waals surface area contributed by atoms with Gasteiger partial charge < -0.3 is 5.32 Å². The molecule has 0 aromatic rings. The van der Waals surface area contributed by atoms with Crippen molar-refractivity contribution in [1.82, 2.24) is 5.32 Å². The molecule has 0 radical (unpaired) electrons. The second-order valence-electron chi connectivity index (χ2n) is 4.79. The molecule has 0 aromatic carbocycles. The molecule has 2 unspecified atom stereocenters. The van der Waals surface area contributed by atoms with Gasteiger partial charge in [0.1, 0.15) is 0 Å². The van der Waals surface area contributed by atoms with Crippen LogP contribution in [0.5, 0.6) is 0 Å². The first-order chi connectivity index (χ1) is 6.88. The molecular weight excluding hydrogens is 170 g/mol. The summed E-state index contributed by atoms with van der Waals surface area (Å²) in [6.45, 7) is 2.29. The zero-order valence-electron chi connectivity index (χ0n) is 10.0. The number of rotatable bonds is 6. The van der Waals surface area contributed by atoms with E-state index in [9.17, 15) is 0 Å². The van der Waals surface area contributed by atoms with Gasteiger partial charge in [0.05, 0.1) is 0 Å². The highest BCUT2D eigenvalue weighted by Crippen LogP contribution is 2.28. The Morgan fingerprint density at radius 3 is 2.57 bits per heavy atom. The van der Waals surface area contributed by atoms with E-state index in [1.54, 1.807) is 0 Å². The summed E-state index contributed by atoms with van der Waals surface area (Å²) in [6, 6.07) is 0.824. The fourth-order valence-corrected chi connectivity index (χ4v) is 2.77. The van der Waals surface area contributed by atoms with Crippen LogP contribution in [0.15, 0.2) is 0 Å². The SMILES string of the molecule is CCCCCCC1CCCCC1NC. The molecule has 1 aliphatic rings. The monoisotopic (exact) mass is 197 g/mol. The lowest BCUT2D eigenvalue weighted by atomic mass is 9.81. The minimum Gasteiger partial charge on any atom is -0.317 e. The zero-order chi connectivity index (χ0) is 10.2. The molecule has 1 heteroatoms. The van der Waals surface area contributed by atoms with Crippen LogP contribution in [0.4, 0.5) is 0 Å². The van der Waals surface area contributed by atoms with Gasteiger partial charge >= 0.3 is 0 Å². The van der Waals surface area contributed by atoms with Crippen LogP contribution >= 0.6 is 0 Å². The Kier molecular flexibility index (Phi) is 6.25. The van der Waals surface area contributed by atoms with E-state index in [0.29, 0.717) is 0 Å². The van der Waals surface area contributed by atoms with Crippen LogP contribution in [-0.4, -0.2) is 13.1 Å². The summed E-state index contributed by atoms with van der Waals surface area (Å²) in [4.78, 5) is 0. The van der Waals surface area contributed by atoms with E-state index in [1.807, 2.05) is 0 Å². The van der Waals surface area contributed by atoms with Crippen molar-refractivity contribution in [3.05, 3.63) is 0 Å². The molecule has 0 saturated heterocycles. The summed E-state index contributed by atoms with van der Waals surface area (Å²) in [5.74, 6) is 0.977. The molecule has 0 bridgehead atoms. The van der Waals surface area contributed by atoms with Crippen molar-refractivity contribution in [2.75, 3.05) is 7.05 Å². The van der Waals surface area contributed by atoms with Crippen LogP contribution in [0.2, 0.25) is 0 Å². The van der Waals surface area contributed by atoms with E-state index in [0.717, 1.165) is 12.0 Å². The highest BCUT2D eigenvalue weighted by atomic mass is 14.9. The number of unbranched alkanes of at least 4 members (excludes halogenated alkanes) is 3. The van der Waals surface area contributed by atoms with Crippen molar-refractivity contribution in [2.45, 2.75) is 70.8 Å². The van der Waals surface area contributed by atoms with Crippen molar-refractivity contribution >= 4 is 0 Å². The fraction of sp³-hybridized carbons (Fsp3) is 1.00. The van der Waals surface area contributed by atoms with Gasteiger partial charge in [-0.05, 0) is 32.2 Å². The normalized spacial score (nSPS) is 27.9. The molecule has 0 spiro atoms. The van der Waals surface area contributed by atoms with Crippen molar-refractivity contribution < 1.29 is 0 Å². The van der Waals surface area contributed by atoms with E-state index in [-0.39, 0.29) is 0 Å². The second-order valence-corrected chi connectivity index (χ2v) is 4.79. The van der Waals surface area contributed by atoms with Crippen LogP contribution < -0.4 is 5.32 Å². The molecule has 1 nitrogen and oxygen atoms in total. The maximum absolute atomic E-state index is 3.49. The first-order valence-corrected chi connectivity index (χ1v) is 6.55. The van der Waals surface area contributed by atoms with Gasteiger partial charge in [0.15, 0.2) is 0 Å². The minimum absolute atomic E-state index is 0.824. The molecule has 1 aliphatic carbocycles. The Morgan fingerprint density at radius 2 is 1.86 bits per heavy atom. The topological polar surface area (TPSA) is 12.0 Å². The van der Waals surface area contributed by atoms with Gasteiger partial charge in [-0.15, -0.1) is 0 Å². The average molecular weight is 197 g/mol. The van der Waals surface area contributed by atoms with Crippen LogP contribution in [0.1, 0.15) is 64.7 Å². The maximum atomic E-state index is 3.49. The van der Waals surface area contributed by atoms with Crippen LogP contribution in [0.3, 0.4) is 0 Å². The van der Waals surface area contributed by atoms with Crippen LogP contribution in [0, 0.1) is 5.92 Å². The molecule has 0 heterocycles. The first kappa shape index (κ1) is 12.0. The lowest BCUT2D eigenvalue weighted by molar-refractivity contribution is 0.254. The summed E-state index contributed by atoms with van der Waals surface area (Å²) in [7, 11) is 2.13. The third-order valence-electron chi connectivity index (χ3n) is 3.71. The average Bonchev–Trinajstić information content (AvgIpc) is 2.25. The Balaban J connectivity index is 2.13. The molecular formula is C13H27N. The molecule has 1 saturated carbocycles. The molecule has 2 atom stereocenters. The molecule has 0 aromatic heterocycles. The van der Waals surface area contributed by atoms with Gasteiger partial charge in [0, 0.05) is 6.04 Å². The fourth-order valence-electron chi connectivity index (χ4n) is 2.77. The summed E-state index contributed by atoms with van der Waals surface area (Å²) in [5, 5.41) is 3.49. The standard InChI is InChI=1S/C13H27N/c1-3-4-5-6-9-12-10-7-8-11-13(12)14-2/h12-14H,3-11H2,1-2H3. The lowest BCUT2D eigenvalue weighted by Gasteiger charge is -2.31. The first-order valence-electron chi connectivity index (χ1n) is 6.55.